The van der Waals surface area contributed by atoms with E-state index in [1.165, 1.54) is 31.8 Å². The zero-order valence-corrected chi connectivity index (χ0v) is 14.7. The number of carbonyl (C=O) groups excluding carboxylic acids is 1. The van der Waals surface area contributed by atoms with Crippen LogP contribution >= 0.6 is 0 Å². The maximum Gasteiger partial charge on any atom is 0.343 e. The molecule has 2 aromatic rings. The Morgan fingerprint density at radius 3 is 2.35 bits per heavy atom. The normalized spacial score (nSPS) is 10.4. The number of nitrogens with zero attached hydrogens (tertiary/aromatic N) is 1. The number of hydrogen-bond donors (Lipinski definition) is 0. The zero-order chi connectivity index (χ0) is 18.9. The summed E-state index contributed by atoms with van der Waals surface area (Å²) in [6.45, 7) is 2.18. The van der Waals surface area contributed by atoms with Gasteiger partial charge in [-0.25, -0.2) is 9.18 Å². The Hall–Kier alpha value is -2.74. The molecular formula is C21H21F2NO2. The second-order valence-electron chi connectivity index (χ2n) is 6.10. The number of carbonyl (C=O) groups is 1. The molecule has 0 radical (unpaired) electrons. The number of hydrogen-bond acceptors (Lipinski definition) is 3. The average molecular weight is 357 g/mol. The molecule has 0 saturated heterocycles. The average Bonchev–Trinajstić information content (AvgIpc) is 2.66. The lowest BCUT2D eigenvalue weighted by Crippen LogP contribution is -2.10. The standard InChI is InChI=1S/C21H21F2NO2/c1-2-3-4-5-6-7-15-8-10-16(11-9-15)21(25)26-18-13-12-17(14-24)19(22)20(18)23/h8-13H,2-7H2,1H3. The molecule has 0 N–H and O–H groups in total. The molecule has 5 heteroatoms. The number of nitriles is 1. The zero-order valence-electron chi connectivity index (χ0n) is 14.7. The molecule has 0 unspecified atom stereocenters. The first-order valence-electron chi connectivity index (χ1n) is 8.76. The van der Waals surface area contributed by atoms with Crippen molar-refractivity contribution >= 4 is 5.97 Å². The van der Waals surface area contributed by atoms with E-state index in [-0.39, 0.29) is 5.56 Å². The van der Waals surface area contributed by atoms with Gasteiger partial charge >= 0.3 is 5.97 Å². The fourth-order valence-corrected chi connectivity index (χ4v) is 2.60. The van der Waals surface area contributed by atoms with Gasteiger partial charge in [-0.1, -0.05) is 44.7 Å². The molecule has 0 atom stereocenters. The van der Waals surface area contributed by atoms with E-state index in [9.17, 15) is 13.6 Å². The summed E-state index contributed by atoms with van der Waals surface area (Å²) in [7, 11) is 0. The molecule has 0 heterocycles. The summed E-state index contributed by atoms with van der Waals surface area (Å²) < 4.78 is 32.3. The highest BCUT2D eigenvalue weighted by molar-refractivity contribution is 5.91. The summed E-state index contributed by atoms with van der Waals surface area (Å²) in [5, 5.41) is 8.66. The van der Waals surface area contributed by atoms with Crippen molar-refractivity contribution in [3.63, 3.8) is 0 Å². The Morgan fingerprint density at radius 1 is 1.00 bits per heavy atom. The van der Waals surface area contributed by atoms with Gasteiger partial charge in [-0.2, -0.15) is 9.65 Å². The van der Waals surface area contributed by atoms with Gasteiger partial charge < -0.3 is 4.74 Å². The van der Waals surface area contributed by atoms with E-state index in [0.717, 1.165) is 30.5 Å². The monoisotopic (exact) mass is 357 g/mol. The Morgan fingerprint density at radius 2 is 1.69 bits per heavy atom. The van der Waals surface area contributed by atoms with Gasteiger partial charge in [0.05, 0.1) is 11.1 Å². The number of unbranched alkanes of at least 4 members (excludes halogenated alkanes) is 4. The largest absolute Gasteiger partial charge is 0.420 e. The van der Waals surface area contributed by atoms with Crippen LogP contribution in [0.4, 0.5) is 8.78 Å². The first kappa shape index (κ1) is 19.6. The second kappa shape index (κ2) is 9.67. The molecule has 0 aromatic heterocycles. The lowest BCUT2D eigenvalue weighted by atomic mass is 10.0. The van der Waals surface area contributed by atoms with Crippen molar-refractivity contribution in [1.29, 1.82) is 5.26 Å². The molecule has 2 aromatic carbocycles. The lowest BCUT2D eigenvalue weighted by molar-refractivity contribution is 0.0726. The quantitative estimate of drug-likeness (QED) is 0.353. The summed E-state index contributed by atoms with van der Waals surface area (Å²) in [6, 6.07) is 10.6. The molecule has 0 bridgehead atoms. The highest BCUT2D eigenvalue weighted by Crippen LogP contribution is 2.23. The van der Waals surface area contributed by atoms with Crippen LogP contribution in [0.15, 0.2) is 36.4 Å². The smallest absolute Gasteiger partial charge is 0.343 e. The van der Waals surface area contributed by atoms with Crippen LogP contribution in [0.2, 0.25) is 0 Å². The minimum absolute atomic E-state index is 0.254. The van der Waals surface area contributed by atoms with E-state index in [1.54, 1.807) is 12.1 Å². The van der Waals surface area contributed by atoms with E-state index in [0.29, 0.717) is 0 Å². The molecule has 0 amide bonds. The van der Waals surface area contributed by atoms with Crippen molar-refractivity contribution in [2.75, 3.05) is 0 Å². The number of benzene rings is 2. The summed E-state index contributed by atoms with van der Waals surface area (Å²) in [5.41, 5.74) is 0.933. The third kappa shape index (κ3) is 5.13. The van der Waals surface area contributed by atoms with Crippen LogP contribution in [0.25, 0.3) is 0 Å². The van der Waals surface area contributed by atoms with Gasteiger partial charge in [-0.3, -0.25) is 0 Å². The van der Waals surface area contributed by atoms with E-state index < -0.39 is 28.9 Å². The number of rotatable bonds is 8. The predicted octanol–water partition coefficient (Wildman–Crippen LogP) is 5.57. The van der Waals surface area contributed by atoms with Gasteiger partial charge in [0.2, 0.25) is 5.82 Å². The minimum Gasteiger partial charge on any atom is -0.420 e. The first-order valence-corrected chi connectivity index (χ1v) is 8.76. The highest BCUT2D eigenvalue weighted by atomic mass is 19.2. The van der Waals surface area contributed by atoms with Crippen molar-refractivity contribution in [2.24, 2.45) is 0 Å². The Kier molecular flexibility index (Phi) is 7.28. The topological polar surface area (TPSA) is 50.1 Å². The third-order valence-electron chi connectivity index (χ3n) is 4.13. The van der Waals surface area contributed by atoms with Crippen LogP contribution in [0, 0.1) is 23.0 Å². The van der Waals surface area contributed by atoms with Gasteiger partial charge in [0.1, 0.15) is 6.07 Å². The fourth-order valence-electron chi connectivity index (χ4n) is 2.60. The van der Waals surface area contributed by atoms with Crippen molar-refractivity contribution in [3.05, 3.63) is 64.7 Å². The van der Waals surface area contributed by atoms with Gasteiger partial charge in [-0.15, -0.1) is 0 Å². The number of esters is 1. The molecule has 0 aliphatic carbocycles. The number of aryl methyl sites for hydroxylation is 1. The van der Waals surface area contributed by atoms with Crippen LogP contribution in [0.1, 0.15) is 60.5 Å². The molecule has 0 aliphatic rings. The van der Waals surface area contributed by atoms with E-state index in [1.807, 2.05) is 12.1 Å². The summed E-state index contributed by atoms with van der Waals surface area (Å²) in [6.07, 6.45) is 6.90. The first-order chi connectivity index (χ1) is 12.6. The molecule has 136 valence electrons. The van der Waals surface area contributed by atoms with Gasteiger partial charge in [-0.05, 0) is 42.7 Å². The van der Waals surface area contributed by atoms with Crippen LogP contribution in [-0.4, -0.2) is 5.97 Å². The molecule has 3 nitrogen and oxygen atoms in total. The van der Waals surface area contributed by atoms with E-state index in [2.05, 4.69) is 6.92 Å². The second-order valence-corrected chi connectivity index (χ2v) is 6.10. The van der Waals surface area contributed by atoms with Crippen molar-refractivity contribution < 1.29 is 18.3 Å². The maximum absolute atomic E-state index is 13.8. The lowest BCUT2D eigenvalue weighted by Gasteiger charge is -2.07. The number of ether oxygens (including phenoxy) is 1. The van der Waals surface area contributed by atoms with Crippen LogP contribution in [0.3, 0.4) is 0 Å². The van der Waals surface area contributed by atoms with Gasteiger partial charge in [0, 0.05) is 0 Å². The molecule has 0 saturated carbocycles. The van der Waals surface area contributed by atoms with E-state index >= 15 is 0 Å². The van der Waals surface area contributed by atoms with Crippen LogP contribution in [-0.2, 0) is 6.42 Å². The van der Waals surface area contributed by atoms with E-state index in [4.69, 9.17) is 10.00 Å². The van der Waals surface area contributed by atoms with Crippen LogP contribution < -0.4 is 4.74 Å². The Balaban J connectivity index is 1.96. The van der Waals surface area contributed by atoms with Gasteiger partial charge in [0.25, 0.3) is 0 Å². The molecule has 26 heavy (non-hydrogen) atoms. The molecule has 0 spiro atoms. The Labute approximate surface area is 152 Å². The molecular weight excluding hydrogens is 336 g/mol. The van der Waals surface area contributed by atoms with Crippen LogP contribution in [0.5, 0.6) is 5.75 Å². The summed E-state index contributed by atoms with van der Waals surface area (Å²) in [4.78, 5) is 12.1. The minimum atomic E-state index is -1.35. The van der Waals surface area contributed by atoms with Crippen molar-refractivity contribution in [2.45, 2.75) is 45.4 Å². The van der Waals surface area contributed by atoms with Crippen molar-refractivity contribution in [3.8, 4) is 11.8 Å². The molecule has 2 rings (SSSR count). The highest BCUT2D eigenvalue weighted by Gasteiger charge is 2.17. The summed E-state index contributed by atoms with van der Waals surface area (Å²) in [5.74, 6) is -3.98. The van der Waals surface area contributed by atoms with Gasteiger partial charge in [0.15, 0.2) is 11.6 Å². The predicted molar refractivity (Wildman–Crippen MR) is 94.9 cm³/mol. The SMILES string of the molecule is CCCCCCCc1ccc(C(=O)Oc2ccc(C#N)c(F)c2F)cc1. The summed E-state index contributed by atoms with van der Waals surface area (Å²) >= 11 is 0. The molecule has 0 fully saturated rings. The Bertz CT molecular complexity index is 795. The fraction of sp³-hybridized carbons (Fsp3) is 0.333. The maximum atomic E-state index is 13.8. The number of halogens is 2. The third-order valence-corrected chi connectivity index (χ3v) is 4.13. The van der Waals surface area contributed by atoms with Crippen molar-refractivity contribution in [1.82, 2.24) is 0 Å². The molecule has 0 aliphatic heterocycles.